The first-order valence-electron chi connectivity index (χ1n) is 9.56. The van der Waals surface area contributed by atoms with Gasteiger partial charge in [-0.25, -0.2) is 0 Å². The SMILES string of the molecule is CCCCC/C=C\CC(C(O)CCCCCCCC(=O)OC)[N+](=O)[O-]. The van der Waals surface area contributed by atoms with Crippen molar-refractivity contribution in [3.8, 4) is 0 Å². The zero-order valence-electron chi connectivity index (χ0n) is 15.8. The van der Waals surface area contributed by atoms with Crippen LogP contribution in [0.15, 0.2) is 12.2 Å². The Hall–Kier alpha value is -1.43. The van der Waals surface area contributed by atoms with Crippen molar-refractivity contribution in [1.82, 2.24) is 0 Å². The third-order valence-electron chi connectivity index (χ3n) is 4.34. The van der Waals surface area contributed by atoms with Gasteiger partial charge in [0.25, 0.3) is 0 Å². The molecule has 0 aliphatic carbocycles. The van der Waals surface area contributed by atoms with Crippen molar-refractivity contribution in [2.45, 2.75) is 96.1 Å². The van der Waals surface area contributed by atoms with E-state index in [1.54, 1.807) is 0 Å². The molecule has 0 saturated carbocycles. The quantitative estimate of drug-likeness (QED) is 0.145. The average Bonchev–Trinajstić information content (AvgIpc) is 2.59. The molecule has 2 atom stereocenters. The van der Waals surface area contributed by atoms with E-state index in [0.717, 1.165) is 51.4 Å². The van der Waals surface area contributed by atoms with Gasteiger partial charge < -0.3 is 9.84 Å². The Morgan fingerprint density at radius 2 is 1.80 bits per heavy atom. The molecular formula is C19H35NO5. The molecule has 1 N–H and O–H groups in total. The molecule has 0 radical (unpaired) electrons. The second-order valence-electron chi connectivity index (χ2n) is 6.51. The summed E-state index contributed by atoms with van der Waals surface area (Å²) in [5.74, 6) is -0.188. The molecule has 6 nitrogen and oxygen atoms in total. The van der Waals surface area contributed by atoms with Crippen molar-refractivity contribution in [2.75, 3.05) is 7.11 Å². The van der Waals surface area contributed by atoms with Crippen molar-refractivity contribution in [2.24, 2.45) is 0 Å². The Balaban J connectivity index is 3.87. The van der Waals surface area contributed by atoms with Crippen LogP contribution in [0, 0.1) is 10.1 Å². The van der Waals surface area contributed by atoms with Gasteiger partial charge in [0.05, 0.1) is 7.11 Å². The molecule has 2 unspecified atom stereocenters. The summed E-state index contributed by atoms with van der Waals surface area (Å²) in [6.45, 7) is 2.14. The van der Waals surface area contributed by atoms with Gasteiger partial charge in [-0.3, -0.25) is 14.9 Å². The van der Waals surface area contributed by atoms with Gasteiger partial charge in [0.15, 0.2) is 0 Å². The zero-order valence-corrected chi connectivity index (χ0v) is 15.8. The molecule has 0 aliphatic rings. The van der Waals surface area contributed by atoms with Gasteiger partial charge in [-0.2, -0.15) is 0 Å². The highest BCUT2D eigenvalue weighted by molar-refractivity contribution is 5.68. The summed E-state index contributed by atoms with van der Waals surface area (Å²) >= 11 is 0. The number of hydrogen-bond donors (Lipinski definition) is 1. The summed E-state index contributed by atoms with van der Waals surface area (Å²) in [5.41, 5.74) is 0. The number of methoxy groups -OCH3 is 1. The number of rotatable bonds is 16. The van der Waals surface area contributed by atoms with E-state index in [0.29, 0.717) is 19.3 Å². The standard InChI is InChI=1S/C19H35NO5/c1-3-4-5-6-8-11-14-17(20(23)24)18(21)15-12-9-7-10-13-16-19(22)25-2/h8,11,17-18,21H,3-7,9-10,12-16H2,1-2H3/b11-8-. The van der Waals surface area contributed by atoms with E-state index >= 15 is 0 Å². The second kappa shape index (κ2) is 16.1. The highest BCUT2D eigenvalue weighted by Crippen LogP contribution is 2.14. The van der Waals surface area contributed by atoms with E-state index in [2.05, 4.69) is 11.7 Å². The Morgan fingerprint density at radius 1 is 1.12 bits per heavy atom. The smallest absolute Gasteiger partial charge is 0.305 e. The molecule has 0 spiro atoms. The molecule has 25 heavy (non-hydrogen) atoms. The lowest BCUT2D eigenvalue weighted by atomic mass is 10.0. The van der Waals surface area contributed by atoms with Gasteiger partial charge in [0, 0.05) is 17.8 Å². The fourth-order valence-corrected chi connectivity index (χ4v) is 2.70. The third-order valence-corrected chi connectivity index (χ3v) is 4.34. The van der Waals surface area contributed by atoms with Crippen LogP contribution in [0.1, 0.15) is 84.0 Å². The Morgan fingerprint density at radius 3 is 2.44 bits per heavy atom. The number of esters is 1. The molecule has 0 aromatic heterocycles. The van der Waals surface area contributed by atoms with Gasteiger partial charge >= 0.3 is 5.97 Å². The minimum Gasteiger partial charge on any atom is -0.469 e. The fraction of sp³-hybridized carbons (Fsp3) is 0.842. The van der Waals surface area contributed by atoms with Crippen molar-refractivity contribution >= 4 is 5.97 Å². The molecule has 0 heterocycles. The topological polar surface area (TPSA) is 89.7 Å². The van der Waals surface area contributed by atoms with Crippen LogP contribution in [0.3, 0.4) is 0 Å². The molecule has 0 aliphatic heterocycles. The largest absolute Gasteiger partial charge is 0.469 e. The highest BCUT2D eigenvalue weighted by atomic mass is 16.6. The summed E-state index contributed by atoms with van der Waals surface area (Å²) in [5, 5.41) is 21.2. The van der Waals surface area contributed by atoms with E-state index in [1.165, 1.54) is 13.5 Å². The number of ether oxygens (including phenoxy) is 1. The first-order chi connectivity index (χ1) is 12.0. The third kappa shape index (κ3) is 13.5. The number of carbonyl (C=O) groups excluding carboxylic acids is 1. The maximum Gasteiger partial charge on any atom is 0.305 e. The van der Waals surface area contributed by atoms with Crippen LogP contribution in [0.2, 0.25) is 0 Å². The van der Waals surface area contributed by atoms with Crippen molar-refractivity contribution in [1.29, 1.82) is 0 Å². The Labute approximate surface area is 151 Å². The van der Waals surface area contributed by atoms with Crippen LogP contribution in [0.25, 0.3) is 0 Å². The maximum absolute atomic E-state index is 11.1. The molecule has 0 bridgehead atoms. The van der Waals surface area contributed by atoms with Crippen LogP contribution in [-0.4, -0.2) is 35.3 Å². The van der Waals surface area contributed by atoms with Crippen molar-refractivity contribution < 1.29 is 19.6 Å². The van der Waals surface area contributed by atoms with Crippen molar-refractivity contribution in [3.63, 3.8) is 0 Å². The lowest BCUT2D eigenvalue weighted by molar-refractivity contribution is -0.533. The number of carbonyl (C=O) groups is 1. The van der Waals surface area contributed by atoms with E-state index in [-0.39, 0.29) is 10.9 Å². The number of unbranched alkanes of at least 4 members (excludes halogenated alkanes) is 7. The van der Waals surface area contributed by atoms with Crippen LogP contribution < -0.4 is 0 Å². The number of hydrogen-bond acceptors (Lipinski definition) is 5. The van der Waals surface area contributed by atoms with Crippen LogP contribution in [0.4, 0.5) is 0 Å². The molecule has 146 valence electrons. The Bertz CT molecular complexity index is 384. The first-order valence-corrected chi connectivity index (χ1v) is 9.56. The number of nitro groups is 1. The van der Waals surface area contributed by atoms with Crippen LogP contribution in [0.5, 0.6) is 0 Å². The number of aliphatic hydroxyl groups is 1. The summed E-state index contributed by atoms with van der Waals surface area (Å²) in [6.07, 6.45) is 12.9. The van der Waals surface area contributed by atoms with Gasteiger partial charge in [0.1, 0.15) is 6.10 Å². The van der Waals surface area contributed by atoms with Gasteiger partial charge in [-0.15, -0.1) is 0 Å². The predicted molar refractivity (Wildman–Crippen MR) is 99.0 cm³/mol. The minimum absolute atomic E-state index is 0.188. The summed E-state index contributed by atoms with van der Waals surface area (Å²) < 4.78 is 4.58. The highest BCUT2D eigenvalue weighted by Gasteiger charge is 2.27. The van der Waals surface area contributed by atoms with Crippen LogP contribution >= 0.6 is 0 Å². The normalized spacial score (nSPS) is 13.7. The molecule has 0 amide bonds. The fourth-order valence-electron chi connectivity index (χ4n) is 2.70. The molecule has 0 saturated heterocycles. The Kier molecular flexibility index (Phi) is 15.1. The molecule has 0 rings (SSSR count). The minimum atomic E-state index is -0.915. The van der Waals surface area contributed by atoms with E-state index in [1.807, 2.05) is 12.2 Å². The lowest BCUT2D eigenvalue weighted by Crippen LogP contribution is -2.33. The maximum atomic E-state index is 11.1. The van der Waals surface area contributed by atoms with E-state index in [9.17, 15) is 20.0 Å². The second-order valence-corrected chi connectivity index (χ2v) is 6.51. The van der Waals surface area contributed by atoms with Crippen molar-refractivity contribution in [3.05, 3.63) is 22.3 Å². The van der Waals surface area contributed by atoms with E-state index < -0.39 is 12.1 Å². The molecule has 0 fully saturated rings. The summed E-state index contributed by atoms with van der Waals surface area (Å²) in [6, 6.07) is -0.915. The first kappa shape index (κ1) is 23.6. The predicted octanol–water partition coefficient (Wildman–Crippen LogP) is 4.42. The number of nitrogens with zero attached hydrogens (tertiary/aromatic N) is 1. The summed E-state index contributed by atoms with van der Waals surface area (Å²) in [4.78, 5) is 21.7. The lowest BCUT2D eigenvalue weighted by Gasteiger charge is -2.14. The average molecular weight is 357 g/mol. The molecule has 6 heteroatoms. The molecule has 0 aromatic carbocycles. The van der Waals surface area contributed by atoms with Crippen LogP contribution in [-0.2, 0) is 9.53 Å². The number of aliphatic hydroxyl groups excluding tert-OH is 1. The van der Waals surface area contributed by atoms with Gasteiger partial charge in [0.2, 0.25) is 6.04 Å². The number of allylic oxidation sites excluding steroid dienone is 1. The molecular weight excluding hydrogens is 322 g/mol. The summed E-state index contributed by atoms with van der Waals surface area (Å²) in [7, 11) is 1.38. The van der Waals surface area contributed by atoms with Gasteiger partial charge in [-0.05, 0) is 25.7 Å². The zero-order chi connectivity index (χ0) is 18.9. The van der Waals surface area contributed by atoms with Gasteiger partial charge in [-0.1, -0.05) is 57.6 Å². The molecule has 0 aromatic rings. The monoisotopic (exact) mass is 357 g/mol. The van der Waals surface area contributed by atoms with E-state index in [4.69, 9.17) is 0 Å².